The summed E-state index contributed by atoms with van der Waals surface area (Å²) < 4.78 is 46.7. The second-order valence-corrected chi connectivity index (χ2v) is 9.22. The Morgan fingerprint density at radius 2 is 1.86 bits per heavy atom. The molecule has 2 fully saturated rings. The molecule has 35 heavy (non-hydrogen) atoms. The summed E-state index contributed by atoms with van der Waals surface area (Å²) in [6, 6.07) is 5.79. The first kappa shape index (κ1) is 23.3. The summed E-state index contributed by atoms with van der Waals surface area (Å²) in [6.45, 7) is 2.51. The normalized spacial score (nSPS) is 21.9. The van der Waals surface area contributed by atoms with Gasteiger partial charge in [0.1, 0.15) is 0 Å². The van der Waals surface area contributed by atoms with Crippen LogP contribution in [0.4, 0.5) is 13.2 Å². The van der Waals surface area contributed by atoms with Crippen molar-refractivity contribution in [1.29, 1.82) is 0 Å². The Morgan fingerprint density at radius 1 is 1.14 bits per heavy atom. The molecular formula is C24H24F3N5O3. The quantitative estimate of drug-likeness (QED) is 0.512. The minimum Gasteiger partial charge on any atom is -0.466 e. The molecule has 0 spiro atoms. The van der Waals surface area contributed by atoms with Crippen LogP contribution in [0.25, 0.3) is 5.78 Å². The Balaban J connectivity index is 1.24. The number of carbonyl (C=O) groups is 2. The third-order valence-corrected chi connectivity index (χ3v) is 6.88. The topological polar surface area (TPSA) is 89.7 Å². The van der Waals surface area contributed by atoms with Crippen molar-refractivity contribution in [3.8, 4) is 0 Å². The smallest absolute Gasteiger partial charge is 0.416 e. The van der Waals surface area contributed by atoms with Crippen molar-refractivity contribution in [1.82, 2.24) is 24.5 Å². The van der Waals surface area contributed by atoms with Gasteiger partial charge in [-0.2, -0.15) is 18.2 Å². The summed E-state index contributed by atoms with van der Waals surface area (Å²) in [6.07, 6.45) is 0.609. The molecule has 3 aromatic rings. The fourth-order valence-electron chi connectivity index (χ4n) is 5.33. The number of rotatable bonds is 5. The summed E-state index contributed by atoms with van der Waals surface area (Å²) in [5, 5.41) is 4.28. The number of hydrogen-bond donors (Lipinski definition) is 0. The maximum atomic E-state index is 13.5. The van der Waals surface area contributed by atoms with E-state index in [-0.39, 0.29) is 47.8 Å². The molecule has 1 saturated carbocycles. The molecule has 8 nitrogen and oxygen atoms in total. The van der Waals surface area contributed by atoms with Crippen LogP contribution in [0.3, 0.4) is 0 Å². The van der Waals surface area contributed by atoms with E-state index in [2.05, 4.69) is 15.1 Å². The molecule has 2 unspecified atom stereocenters. The molecule has 2 aliphatic rings. The van der Waals surface area contributed by atoms with Crippen molar-refractivity contribution in [3.63, 3.8) is 0 Å². The molecule has 1 aliphatic heterocycles. The number of halogens is 3. The van der Waals surface area contributed by atoms with Gasteiger partial charge in [0.25, 0.3) is 11.7 Å². The molecule has 0 bridgehead atoms. The number of likely N-dealkylation sites (tertiary alicyclic amines) is 1. The Hall–Kier alpha value is -3.50. The monoisotopic (exact) mass is 487 g/mol. The van der Waals surface area contributed by atoms with E-state index in [1.54, 1.807) is 29.4 Å². The predicted octanol–water partition coefficient (Wildman–Crippen LogP) is 3.51. The van der Waals surface area contributed by atoms with Crippen LogP contribution >= 0.6 is 0 Å². The van der Waals surface area contributed by atoms with Crippen molar-refractivity contribution in [3.05, 3.63) is 59.2 Å². The lowest BCUT2D eigenvalue weighted by Crippen LogP contribution is -2.30. The second-order valence-electron chi connectivity index (χ2n) is 9.22. The molecule has 1 amide bonds. The highest BCUT2D eigenvalue weighted by atomic mass is 19.4. The van der Waals surface area contributed by atoms with E-state index in [0.717, 1.165) is 11.6 Å². The van der Waals surface area contributed by atoms with Crippen molar-refractivity contribution in [2.24, 2.45) is 11.8 Å². The molecule has 0 N–H and O–H groups in total. The number of fused-ring (bicyclic) bond motifs is 2. The van der Waals surface area contributed by atoms with E-state index in [0.29, 0.717) is 37.9 Å². The second kappa shape index (κ2) is 8.94. The summed E-state index contributed by atoms with van der Waals surface area (Å²) >= 11 is 0. The molecule has 1 saturated heterocycles. The molecule has 2 atom stereocenters. The van der Waals surface area contributed by atoms with E-state index in [4.69, 9.17) is 4.74 Å². The van der Waals surface area contributed by atoms with Gasteiger partial charge < -0.3 is 9.64 Å². The van der Waals surface area contributed by atoms with Crippen molar-refractivity contribution in [2.75, 3.05) is 19.7 Å². The number of carbonyl (C=O) groups excluding carboxylic acids is 2. The maximum absolute atomic E-state index is 13.5. The van der Waals surface area contributed by atoms with Gasteiger partial charge in [-0.3, -0.25) is 9.59 Å². The number of hydrogen-bond acceptors (Lipinski definition) is 6. The first-order valence-electron chi connectivity index (χ1n) is 11.5. The van der Waals surface area contributed by atoms with Crippen LogP contribution in [-0.4, -0.2) is 56.1 Å². The fourth-order valence-corrected chi connectivity index (χ4v) is 5.33. The largest absolute Gasteiger partial charge is 0.466 e. The molecular weight excluding hydrogens is 463 g/mol. The molecule has 1 aliphatic carbocycles. The molecule has 3 heterocycles. The van der Waals surface area contributed by atoms with E-state index < -0.39 is 11.7 Å². The van der Waals surface area contributed by atoms with Crippen LogP contribution in [0, 0.1) is 11.8 Å². The van der Waals surface area contributed by atoms with Crippen molar-refractivity contribution < 1.29 is 27.5 Å². The van der Waals surface area contributed by atoms with Gasteiger partial charge in [-0.1, -0.05) is 18.2 Å². The first-order valence-corrected chi connectivity index (χ1v) is 11.5. The van der Waals surface area contributed by atoms with Gasteiger partial charge in [0.2, 0.25) is 5.82 Å². The summed E-state index contributed by atoms with van der Waals surface area (Å²) in [5.41, 5.74) is 0.569. The highest BCUT2D eigenvalue weighted by Gasteiger charge is 2.45. The zero-order valence-corrected chi connectivity index (χ0v) is 19.0. The Morgan fingerprint density at radius 3 is 2.54 bits per heavy atom. The standard InChI is InChI=1S/C24H24F3N5O3/c1-14(33)35-7-6-15-10-28-23-29-21(30-32(23)11-15)22(34)31-12-17-8-16(9-18(17)13-31)19-4-2-3-5-20(19)24(25,26)27/h2-5,10-11,16-18H,6-9,12-13H2,1H3. The van der Waals surface area contributed by atoms with E-state index in [1.807, 2.05) is 0 Å². The number of ether oxygens (including phenoxy) is 1. The van der Waals surface area contributed by atoms with Gasteiger partial charge in [-0.05, 0) is 47.8 Å². The number of alkyl halides is 3. The average molecular weight is 487 g/mol. The Kier molecular flexibility index (Phi) is 5.94. The lowest BCUT2D eigenvalue weighted by molar-refractivity contribution is -0.141. The molecule has 5 rings (SSSR count). The average Bonchev–Trinajstić information content (AvgIpc) is 3.50. The maximum Gasteiger partial charge on any atom is 0.416 e. The van der Waals surface area contributed by atoms with Gasteiger partial charge in [-0.15, -0.1) is 5.10 Å². The van der Waals surface area contributed by atoms with Gasteiger partial charge in [0.05, 0.1) is 12.2 Å². The van der Waals surface area contributed by atoms with Crippen LogP contribution < -0.4 is 0 Å². The van der Waals surface area contributed by atoms with Gasteiger partial charge in [0, 0.05) is 38.8 Å². The number of amides is 1. The molecule has 184 valence electrons. The fraction of sp³-hybridized carbons (Fsp3) is 0.458. The van der Waals surface area contributed by atoms with E-state index in [9.17, 15) is 22.8 Å². The first-order chi connectivity index (χ1) is 16.7. The van der Waals surface area contributed by atoms with E-state index in [1.165, 1.54) is 17.5 Å². The van der Waals surface area contributed by atoms with E-state index >= 15 is 0 Å². The van der Waals surface area contributed by atoms with Gasteiger partial charge in [0.15, 0.2) is 0 Å². The molecule has 1 aromatic carbocycles. The van der Waals surface area contributed by atoms with Gasteiger partial charge in [-0.25, -0.2) is 9.50 Å². The molecule has 2 aromatic heterocycles. The molecule has 11 heteroatoms. The number of esters is 1. The Bertz CT molecular complexity index is 1260. The van der Waals surface area contributed by atoms with Crippen LogP contribution in [0.5, 0.6) is 0 Å². The summed E-state index contributed by atoms with van der Waals surface area (Å²) in [4.78, 5) is 34.1. The number of aromatic nitrogens is 4. The van der Waals surface area contributed by atoms with Crippen molar-refractivity contribution in [2.45, 2.75) is 38.3 Å². The number of benzene rings is 1. The zero-order chi connectivity index (χ0) is 24.7. The minimum absolute atomic E-state index is 0.0357. The van der Waals surface area contributed by atoms with Crippen LogP contribution in [0.15, 0.2) is 36.7 Å². The number of nitrogens with zero attached hydrogens (tertiary/aromatic N) is 5. The zero-order valence-electron chi connectivity index (χ0n) is 19.0. The highest BCUT2D eigenvalue weighted by Crippen LogP contribution is 2.48. The predicted molar refractivity (Wildman–Crippen MR) is 117 cm³/mol. The SMILES string of the molecule is CC(=O)OCCc1cnc2nc(C(=O)N3CC4CC(c5ccccc5C(F)(F)F)CC4C3)nn2c1. The van der Waals surface area contributed by atoms with Crippen LogP contribution in [0.1, 0.15) is 53.0 Å². The van der Waals surface area contributed by atoms with Gasteiger partial charge >= 0.3 is 12.1 Å². The minimum atomic E-state index is -4.38. The van der Waals surface area contributed by atoms with Crippen LogP contribution in [-0.2, 0) is 22.1 Å². The summed E-state index contributed by atoms with van der Waals surface area (Å²) in [7, 11) is 0. The third kappa shape index (κ3) is 4.71. The lowest BCUT2D eigenvalue weighted by Gasteiger charge is -2.21. The molecule has 0 radical (unpaired) electrons. The Labute approximate surface area is 199 Å². The van der Waals surface area contributed by atoms with Crippen LogP contribution in [0.2, 0.25) is 0 Å². The lowest BCUT2D eigenvalue weighted by atomic mass is 9.91. The van der Waals surface area contributed by atoms with Crippen molar-refractivity contribution >= 4 is 17.7 Å². The summed E-state index contributed by atoms with van der Waals surface area (Å²) in [5.74, 6) is -0.219. The third-order valence-electron chi connectivity index (χ3n) is 6.88. The highest BCUT2D eigenvalue weighted by molar-refractivity contribution is 5.91.